The fourth-order valence-corrected chi connectivity index (χ4v) is 2.02. The van der Waals surface area contributed by atoms with Gasteiger partial charge in [-0.2, -0.15) is 18.3 Å². The number of aromatic nitrogens is 2. The van der Waals surface area contributed by atoms with Crippen molar-refractivity contribution in [2.24, 2.45) is 7.05 Å². The van der Waals surface area contributed by atoms with E-state index in [9.17, 15) is 13.2 Å². The van der Waals surface area contributed by atoms with Crippen molar-refractivity contribution in [2.75, 3.05) is 5.73 Å². The molecule has 0 saturated heterocycles. The highest BCUT2D eigenvalue weighted by molar-refractivity contribution is 9.10. The molecule has 0 aliphatic carbocycles. The third kappa shape index (κ3) is 2.50. The van der Waals surface area contributed by atoms with Crippen molar-refractivity contribution in [2.45, 2.75) is 6.18 Å². The lowest BCUT2D eigenvalue weighted by atomic mass is 10.1. The summed E-state index contributed by atoms with van der Waals surface area (Å²) in [7, 11) is 1.63. The van der Waals surface area contributed by atoms with E-state index in [0.717, 1.165) is 12.1 Å². The zero-order chi connectivity index (χ0) is 13.5. The molecule has 0 aliphatic heterocycles. The van der Waals surface area contributed by atoms with Crippen molar-refractivity contribution < 1.29 is 13.2 Å². The molecule has 3 nitrogen and oxygen atoms in total. The minimum Gasteiger partial charge on any atom is -0.384 e. The van der Waals surface area contributed by atoms with Crippen LogP contribution in [-0.4, -0.2) is 9.78 Å². The van der Waals surface area contributed by atoms with Crippen LogP contribution in [-0.2, 0) is 13.2 Å². The van der Waals surface area contributed by atoms with Crippen LogP contribution < -0.4 is 5.73 Å². The molecule has 96 valence electrons. The summed E-state index contributed by atoms with van der Waals surface area (Å²) in [4.78, 5) is 0. The molecule has 0 atom stereocenters. The lowest BCUT2D eigenvalue weighted by molar-refractivity contribution is -0.137. The second kappa shape index (κ2) is 4.31. The molecule has 1 aromatic heterocycles. The second-order valence-corrected chi connectivity index (χ2v) is 4.72. The predicted octanol–water partition coefficient (Wildman–Crippen LogP) is 3.45. The SMILES string of the molecule is Cn1nc(-c2cc(Br)cc(C(F)(F)F)c2)cc1N. The highest BCUT2D eigenvalue weighted by atomic mass is 79.9. The van der Waals surface area contributed by atoms with Crippen LogP contribution in [0.15, 0.2) is 28.7 Å². The van der Waals surface area contributed by atoms with Crippen LogP contribution in [0.5, 0.6) is 0 Å². The largest absolute Gasteiger partial charge is 0.416 e. The van der Waals surface area contributed by atoms with Gasteiger partial charge in [-0.3, -0.25) is 4.68 Å². The molecule has 0 aliphatic rings. The summed E-state index contributed by atoms with van der Waals surface area (Å²) < 4.78 is 39.8. The van der Waals surface area contributed by atoms with Gasteiger partial charge < -0.3 is 5.73 Å². The Bertz CT molecular complexity index is 570. The Hall–Kier alpha value is -1.50. The van der Waals surface area contributed by atoms with E-state index in [1.54, 1.807) is 13.1 Å². The maximum absolute atomic E-state index is 12.7. The highest BCUT2D eigenvalue weighted by Crippen LogP contribution is 2.34. The summed E-state index contributed by atoms with van der Waals surface area (Å²) >= 11 is 3.06. The van der Waals surface area contributed by atoms with Crippen LogP contribution in [0.1, 0.15) is 5.56 Å². The number of benzene rings is 1. The first-order chi connectivity index (χ1) is 8.27. The van der Waals surface area contributed by atoms with Gasteiger partial charge in [-0.25, -0.2) is 0 Å². The average Bonchev–Trinajstić information content (AvgIpc) is 2.57. The number of alkyl halides is 3. The van der Waals surface area contributed by atoms with Gasteiger partial charge in [0.15, 0.2) is 0 Å². The second-order valence-electron chi connectivity index (χ2n) is 3.80. The third-order valence-electron chi connectivity index (χ3n) is 2.44. The maximum atomic E-state index is 12.7. The minimum absolute atomic E-state index is 0.344. The van der Waals surface area contributed by atoms with Crippen molar-refractivity contribution in [1.82, 2.24) is 9.78 Å². The fraction of sp³-hybridized carbons (Fsp3) is 0.182. The Kier molecular flexibility index (Phi) is 3.10. The molecule has 0 bridgehead atoms. The van der Waals surface area contributed by atoms with Gasteiger partial charge in [0.2, 0.25) is 0 Å². The van der Waals surface area contributed by atoms with Crippen molar-refractivity contribution in [3.8, 4) is 11.3 Å². The van der Waals surface area contributed by atoms with Crippen molar-refractivity contribution in [3.63, 3.8) is 0 Å². The number of nitrogen functional groups attached to an aromatic ring is 1. The van der Waals surface area contributed by atoms with Crippen LogP contribution in [0.25, 0.3) is 11.3 Å². The van der Waals surface area contributed by atoms with E-state index >= 15 is 0 Å². The van der Waals surface area contributed by atoms with E-state index < -0.39 is 11.7 Å². The zero-order valence-electron chi connectivity index (χ0n) is 9.29. The molecule has 0 spiro atoms. The van der Waals surface area contributed by atoms with Gasteiger partial charge in [-0.05, 0) is 18.2 Å². The monoisotopic (exact) mass is 319 g/mol. The van der Waals surface area contributed by atoms with Crippen LogP contribution in [0, 0.1) is 0 Å². The first kappa shape index (κ1) is 12.9. The molecule has 1 heterocycles. The number of rotatable bonds is 1. The maximum Gasteiger partial charge on any atom is 0.416 e. The van der Waals surface area contributed by atoms with Crippen LogP contribution in [0.3, 0.4) is 0 Å². The Labute approximate surface area is 110 Å². The smallest absolute Gasteiger partial charge is 0.384 e. The summed E-state index contributed by atoms with van der Waals surface area (Å²) in [6.45, 7) is 0. The predicted molar refractivity (Wildman–Crippen MR) is 65.8 cm³/mol. The summed E-state index contributed by atoms with van der Waals surface area (Å²) in [6, 6.07) is 5.17. The molecule has 2 rings (SSSR count). The molecule has 0 radical (unpaired) electrons. The average molecular weight is 320 g/mol. The van der Waals surface area contributed by atoms with Gasteiger partial charge in [0.05, 0.1) is 11.3 Å². The lowest BCUT2D eigenvalue weighted by Gasteiger charge is -2.08. The Morgan fingerprint density at radius 3 is 2.39 bits per heavy atom. The van der Waals surface area contributed by atoms with Gasteiger partial charge in [0.25, 0.3) is 0 Å². The summed E-state index contributed by atoms with van der Waals surface area (Å²) in [6.07, 6.45) is -4.39. The lowest BCUT2D eigenvalue weighted by Crippen LogP contribution is -2.05. The molecule has 2 N–H and O–H groups in total. The van der Waals surface area contributed by atoms with Gasteiger partial charge in [-0.15, -0.1) is 0 Å². The molecule has 0 saturated carbocycles. The zero-order valence-corrected chi connectivity index (χ0v) is 10.9. The Balaban J connectivity index is 2.55. The molecular weight excluding hydrogens is 311 g/mol. The molecule has 7 heteroatoms. The van der Waals surface area contributed by atoms with E-state index in [1.165, 1.54) is 10.7 Å². The van der Waals surface area contributed by atoms with Crippen molar-refractivity contribution in [1.29, 1.82) is 0 Å². The number of anilines is 1. The van der Waals surface area contributed by atoms with Crippen LogP contribution >= 0.6 is 15.9 Å². The van der Waals surface area contributed by atoms with Crippen molar-refractivity contribution in [3.05, 3.63) is 34.3 Å². The topological polar surface area (TPSA) is 43.8 Å². The van der Waals surface area contributed by atoms with Gasteiger partial charge >= 0.3 is 6.18 Å². The molecule has 18 heavy (non-hydrogen) atoms. The van der Waals surface area contributed by atoms with Gasteiger partial charge in [0, 0.05) is 23.2 Å². The number of hydrogen-bond acceptors (Lipinski definition) is 2. The number of hydrogen-bond donors (Lipinski definition) is 1. The number of halogens is 4. The number of nitrogens with two attached hydrogens (primary N) is 1. The molecule has 0 amide bonds. The van der Waals surface area contributed by atoms with E-state index in [-0.39, 0.29) is 0 Å². The first-order valence-electron chi connectivity index (χ1n) is 4.95. The van der Waals surface area contributed by atoms with Crippen LogP contribution in [0.2, 0.25) is 0 Å². The quantitative estimate of drug-likeness (QED) is 0.875. The van der Waals surface area contributed by atoms with E-state index in [0.29, 0.717) is 21.5 Å². The Morgan fingerprint density at radius 1 is 1.22 bits per heavy atom. The Morgan fingerprint density at radius 2 is 1.89 bits per heavy atom. The first-order valence-corrected chi connectivity index (χ1v) is 5.74. The fourth-order valence-electron chi connectivity index (χ4n) is 1.52. The molecule has 2 aromatic rings. The normalized spacial score (nSPS) is 11.8. The van der Waals surface area contributed by atoms with Crippen molar-refractivity contribution >= 4 is 21.7 Å². The molecular formula is C11H9BrF3N3. The molecule has 1 aromatic carbocycles. The standard InChI is InChI=1S/C11H9BrF3N3/c1-18-10(16)5-9(17-18)6-2-7(11(13,14)15)4-8(12)3-6/h2-5H,16H2,1H3. The number of aryl methyl sites for hydroxylation is 1. The summed E-state index contributed by atoms with van der Waals surface area (Å²) in [5.74, 6) is 0.388. The van der Waals surface area contributed by atoms with Gasteiger partial charge in [-0.1, -0.05) is 15.9 Å². The summed E-state index contributed by atoms with van der Waals surface area (Å²) in [5.41, 5.74) is 5.65. The third-order valence-corrected chi connectivity index (χ3v) is 2.89. The summed E-state index contributed by atoms with van der Waals surface area (Å²) in [5, 5.41) is 4.05. The molecule has 0 unspecified atom stereocenters. The van der Waals surface area contributed by atoms with Crippen LogP contribution in [0.4, 0.5) is 19.0 Å². The van der Waals surface area contributed by atoms with E-state index in [1.807, 2.05) is 0 Å². The van der Waals surface area contributed by atoms with E-state index in [2.05, 4.69) is 21.0 Å². The molecule has 0 fully saturated rings. The number of nitrogens with zero attached hydrogens (tertiary/aromatic N) is 2. The minimum atomic E-state index is -4.39. The van der Waals surface area contributed by atoms with Gasteiger partial charge in [0.1, 0.15) is 5.82 Å². The van der Waals surface area contributed by atoms with E-state index in [4.69, 9.17) is 5.73 Å². The highest BCUT2D eigenvalue weighted by Gasteiger charge is 2.31.